The van der Waals surface area contributed by atoms with Crippen LogP contribution < -0.4 is 20.1 Å². The van der Waals surface area contributed by atoms with Gasteiger partial charge in [0.15, 0.2) is 18.1 Å². The average Bonchev–Trinajstić information content (AvgIpc) is 2.44. The van der Waals surface area contributed by atoms with E-state index in [9.17, 15) is 9.90 Å². The molecule has 6 heteroatoms. The molecule has 1 rings (SSSR count). The van der Waals surface area contributed by atoms with E-state index in [0.29, 0.717) is 31.2 Å². The first-order valence-corrected chi connectivity index (χ1v) is 8.29. The van der Waals surface area contributed by atoms with Crippen LogP contribution in [0.3, 0.4) is 0 Å². The maximum Gasteiger partial charge on any atom is 0.258 e. The van der Waals surface area contributed by atoms with Crippen molar-refractivity contribution in [2.24, 2.45) is 0 Å². The molecule has 0 unspecified atom stereocenters. The maximum atomic E-state index is 11.9. The molecule has 0 radical (unpaired) electrons. The summed E-state index contributed by atoms with van der Waals surface area (Å²) in [6, 6.07) is 5.60. The van der Waals surface area contributed by atoms with Crippen molar-refractivity contribution >= 4 is 5.91 Å². The molecule has 136 valence electrons. The number of rotatable bonds is 9. The summed E-state index contributed by atoms with van der Waals surface area (Å²) in [6.45, 7) is 11.0. The van der Waals surface area contributed by atoms with Crippen molar-refractivity contribution in [3.8, 4) is 11.5 Å². The highest BCUT2D eigenvalue weighted by molar-refractivity contribution is 5.78. The number of ether oxygens (including phenoxy) is 2. The van der Waals surface area contributed by atoms with E-state index in [1.807, 2.05) is 39.8 Å². The lowest BCUT2D eigenvalue weighted by atomic mass is 10.1. The van der Waals surface area contributed by atoms with Crippen molar-refractivity contribution in [2.75, 3.05) is 19.8 Å². The van der Waals surface area contributed by atoms with Gasteiger partial charge in [-0.15, -0.1) is 0 Å². The molecule has 0 aliphatic heterocycles. The largest absolute Gasteiger partial charge is 0.490 e. The van der Waals surface area contributed by atoms with Gasteiger partial charge in [-0.05, 0) is 52.3 Å². The summed E-state index contributed by atoms with van der Waals surface area (Å²) < 4.78 is 11.2. The van der Waals surface area contributed by atoms with Crippen molar-refractivity contribution in [3.63, 3.8) is 0 Å². The van der Waals surface area contributed by atoms with Crippen LogP contribution in [-0.4, -0.2) is 42.4 Å². The van der Waals surface area contributed by atoms with Crippen molar-refractivity contribution in [1.29, 1.82) is 0 Å². The van der Waals surface area contributed by atoms with Crippen LogP contribution in [0.2, 0.25) is 0 Å². The van der Waals surface area contributed by atoms with E-state index in [4.69, 9.17) is 9.47 Å². The Balaban J connectivity index is 2.67. The van der Waals surface area contributed by atoms with Crippen LogP contribution >= 0.6 is 0 Å². The van der Waals surface area contributed by atoms with Gasteiger partial charge >= 0.3 is 0 Å². The van der Waals surface area contributed by atoms with Gasteiger partial charge in [-0.2, -0.15) is 0 Å². The highest BCUT2D eigenvalue weighted by Crippen LogP contribution is 2.28. The Labute approximate surface area is 144 Å². The van der Waals surface area contributed by atoms with Gasteiger partial charge in [0.1, 0.15) is 0 Å². The molecule has 1 amide bonds. The molecule has 0 fully saturated rings. The third kappa shape index (κ3) is 8.17. The first kappa shape index (κ1) is 20.3. The molecule has 0 heterocycles. The normalized spacial score (nSPS) is 12.6. The predicted molar refractivity (Wildman–Crippen MR) is 94.4 cm³/mol. The molecule has 1 aromatic rings. The predicted octanol–water partition coefficient (Wildman–Crippen LogP) is 1.85. The van der Waals surface area contributed by atoms with Crippen molar-refractivity contribution in [2.45, 2.75) is 52.8 Å². The molecule has 0 aliphatic rings. The van der Waals surface area contributed by atoms with Crippen LogP contribution in [-0.2, 0) is 11.3 Å². The lowest BCUT2D eigenvalue weighted by molar-refractivity contribution is -0.124. The Morgan fingerprint density at radius 3 is 2.54 bits per heavy atom. The van der Waals surface area contributed by atoms with Gasteiger partial charge in [0, 0.05) is 18.6 Å². The van der Waals surface area contributed by atoms with Gasteiger partial charge in [-0.25, -0.2) is 0 Å². The summed E-state index contributed by atoms with van der Waals surface area (Å²) in [5, 5.41) is 15.3. The van der Waals surface area contributed by atoms with Crippen LogP contribution in [0.5, 0.6) is 11.5 Å². The number of aliphatic hydroxyl groups excluding tert-OH is 1. The van der Waals surface area contributed by atoms with Gasteiger partial charge in [0.2, 0.25) is 0 Å². The second kappa shape index (κ2) is 9.49. The Morgan fingerprint density at radius 1 is 1.25 bits per heavy atom. The average molecular weight is 338 g/mol. The smallest absolute Gasteiger partial charge is 0.258 e. The topological polar surface area (TPSA) is 79.8 Å². The first-order valence-electron chi connectivity index (χ1n) is 8.29. The summed E-state index contributed by atoms with van der Waals surface area (Å²) in [6.07, 6.45) is -0.389. The van der Waals surface area contributed by atoms with Crippen LogP contribution in [0.25, 0.3) is 0 Å². The third-order valence-corrected chi connectivity index (χ3v) is 2.95. The standard InChI is InChI=1S/C18H30N2O4/c1-6-23-16-9-14(11-19-10-13(2)21)7-8-15(16)24-12-17(22)20-18(3,4)5/h7-9,13,19,21H,6,10-12H2,1-5H3,(H,20,22)/t13-/m1/s1. The minimum absolute atomic E-state index is 0.0586. The number of amides is 1. The molecule has 1 atom stereocenters. The number of aliphatic hydroxyl groups is 1. The minimum atomic E-state index is -0.389. The van der Waals surface area contributed by atoms with E-state index in [-0.39, 0.29) is 24.2 Å². The second-order valence-corrected chi connectivity index (χ2v) is 6.78. The van der Waals surface area contributed by atoms with Crippen LogP contribution in [0.4, 0.5) is 0 Å². The zero-order valence-electron chi connectivity index (χ0n) is 15.3. The van der Waals surface area contributed by atoms with E-state index in [0.717, 1.165) is 5.56 Å². The zero-order valence-corrected chi connectivity index (χ0v) is 15.3. The fourth-order valence-electron chi connectivity index (χ4n) is 2.07. The molecular weight excluding hydrogens is 308 g/mol. The van der Waals surface area contributed by atoms with Gasteiger partial charge in [-0.1, -0.05) is 6.07 Å². The van der Waals surface area contributed by atoms with E-state index in [2.05, 4.69) is 10.6 Å². The second-order valence-electron chi connectivity index (χ2n) is 6.78. The summed E-state index contributed by atoms with van der Waals surface area (Å²) in [4.78, 5) is 11.9. The van der Waals surface area contributed by atoms with Crippen molar-refractivity contribution in [1.82, 2.24) is 10.6 Å². The number of benzene rings is 1. The molecular formula is C18H30N2O4. The monoisotopic (exact) mass is 338 g/mol. The van der Waals surface area contributed by atoms with Crippen molar-refractivity contribution in [3.05, 3.63) is 23.8 Å². The van der Waals surface area contributed by atoms with Gasteiger partial charge < -0.3 is 25.2 Å². The van der Waals surface area contributed by atoms with Crippen LogP contribution in [0.15, 0.2) is 18.2 Å². The summed E-state index contributed by atoms with van der Waals surface area (Å²) in [5.41, 5.74) is 0.730. The molecule has 0 aliphatic carbocycles. The van der Waals surface area contributed by atoms with E-state index in [1.165, 1.54) is 0 Å². The fourth-order valence-corrected chi connectivity index (χ4v) is 2.07. The summed E-state index contributed by atoms with van der Waals surface area (Å²) >= 11 is 0. The number of hydrogen-bond acceptors (Lipinski definition) is 5. The number of hydrogen-bond donors (Lipinski definition) is 3. The highest BCUT2D eigenvalue weighted by atomic mass is 16.5. The highest BCUT2D eigenvalue weighted by Gasteiger charge is 2.15. The van der Waals surface area contributed by atoms with Crippen LogP contribution in [0.1, 0.15) is 40.2 Å². The van der Waals surface area contributed by atoms with Gasteiger partial charge in [0.25, 0.3) is 5.91 Å². The van der Waals surface area contributed by atoms with E-state index < -0.39 is 0 Å². The number of carbonyl (C=O) groups excluding carboxylic acids is 1. The maximum absolute atomic E-state index is 11.9. The lowest BCUT2D eigenvalue weighted by Crippen LogP contribution is -2.43. The molecule has 0 saturated carbocycles. The quantitative estimate of drug-likeness (QED) is 0.640. The Kier molecular flexibility index (Phi) is 8.01. The van der Waals surface area contributed by atoms with Crippen LogP contribution in [0, 0.1) is 0 Å². The Bertz CT molecular complexity index is 524. The number of nitrogens with one attached hydrogen (secondary N) is 2. The molecule has 0 saturated heterocycles. The molecule has 24 heavy (non-hydrogen) atoms. The first-order chi connectivity index (χ1) is 11.2. The Morgan fingerprint density at radius 2 is 1.96 bits per heavy atom. The lowest BCUT2D eigenvalue weighted by Gasteiger charge is -2.21. The molecule has 0 spiro atoms. The molecule has 0 bridgehead atoms. The third-order valence-electron chi connectivity index (χ3n) is 2.95. The van der Waals surface area contributed by atoms with Gasteiger partial charge in [-0.3, -0.25) is 4.79 Å². The molecule has 6 nitrogen and oxygen atoms in total. The summed E-state index contributed by atoms with van der Waals surface area (Å²) in [5.74, 6) is 0.977. The zero-order chi connectivity index (χ0) is 18.2. The number of carbonyl (C=O) groups is 1. The molecule has 1 aromatic carbocycles. The SMILES string of the molecule is CCOc1cc(CNC[C@@H](C)O)ccc1OCC(=O)NC(C)(C)C. The van der Waals surface area contributed by atoms with E-state index >= 15 is 0 Å². The van der Waals surface area contributed by atoms with Gasteiger partial charge in [0.05, 0.1) is 12.7 Å². The minimum Gasteiger partial charge on any atom is -0.490 e. The fraction of sp³-hybridized carbons (Fsp3) is 0.611. The Hall–Kier alpha value is -1.79. The van der Waals surface area contributed by atoms with E-state index in [1.54, 1.807) is 13.0 Å². The molecule has 0 aromatic heterocycles. The summed E-state index contributed by atoms with van der Waals surface area (Å²) in [7, 11) is 0. The van der Waals surface area contributed by atoms with Crippen molar-refractivity contribution < 1.29 is 19.4 Å². The molecule has 3 N–H and O–H groups in total.